The lowest BCUT2D eigenvalue weighted by Crippen LogP contribution is -1.96. The van der Waals surface area contributed by atoms with Crippen LogP contribution in [-0.2, 0) is 0 Å². The molecular formula is C42H27NOS. The van der Waals surface area contributed by atoms with E-state index in [1.165, 1.54) is 75.1 Å². The predicted octanol–water partition coefficient (Wildman–Crippen LogP) is 12.3. The van der Waals surface area contributed by atoms with E-state index in [4.69, 9.17) is 4.42 Å². The number of allylic oxidation sites excluding steroid dienone is 4. The topological polar surface area (TPSA) is 18.1 Å². The van der Waals surface area contributed by atoms with E-state index >= 15 is 0 Å². The lowest BCUT2D eigenvalue weighted by atomic mass is 9.90. The van der Waals surface area contributed by atoms with Crippen molar-refractivity contribution < 1.29 is 4.42 Å². The van der Waals surface area contributed by atoms with Gasteiger partial charge in [-0.05, 0) is 65.9 Å². The number of thiophene rings is 1. The van der Waals surface area contributed by atoms with Crippen molar-refractivity contribution in [3.05, 3.63) is 151 Å². The van der Waals surface area contributed by atoms with Crippen LogP contribution in [0.25, 0.3) is 80.8 Å². The molecule has 0 spiro atoms. The molecule has 1 aliphatic carbocycles. The molecule has 0 unspecified atom stereocenters. The van der Waals surface area contributed by atoms with Gasteiger partial charge in [0, 0.05) is 53.0 Å². The van der Waals surface area contributed by atoms with Gasteiger partial charge in [0.15, 0.2) is 0 Å². The van der Waals surface area contributed by atoms with E-state index in [9.17, 15) is 0 Å². The van der Waals surface area contributed by atoms with Gasteiger partial charge < -0.3 is 8.98 Å². The summed E-state index contributed by atoms with van der Waals surface area (Å²) in [6, 6.07) is 46.2. The fraction of sp³-hybridized carbons (Fsp3) is 0.0476. The van der Waals surface area contributed by atoms with Crippen molar-refractivity contribution in [2.24, 2.45) is 0 Å². The largest absolute Gasteiger partial charge is 0.455 e. The van der Waals surface area contributed by atoms with Gasteiger partial charge in [-0.2, -0.15) is 0 Å². The highest BCUT2D eigenvalue weighted by Gasteiger charge is 2.19. The second-order valence-electron chi connectivity index (χ2n) is 12.0. The Morgan fingerprint density at radius 3 is 2.29 bits per heavy atom. The molecular weight excluding hydrogens is 567 g/mol. The van der Waals surface area contributed by atoms with Crippen LogP contribution in [-0.4, -0.2) is 4.57 Å². The van der Waals surface area contributed by atoms with Gasteiger partial charge in [0.05, 0.1) is 11.0 Å². The van der Waals surface area contributed by atoms with Gasteiger partial charge in [-0.15, -0.1) is 11.3 Å². The molecule has 0 saturated heterocycles. The predicted molar refractivity (Wildman–Crippen MR) is 193 cm³/mol. The van der Waals surface area contributed by atoms with Crippen molar-refractivity contribution in [2.45, 2.75) is 12.8 Å². The average Bonchev–Trinajstić information content (AvgIpc) is 3.78. The average molecular weight is 594 g/mol. The summed E-state index contributed by atoms with van der Waals surface area (Å²) >= 11 is 1.90. The maximum Gasteiger partial charge on any atom is 0.143 e. The van der Waals surface area contributed by atoms with Crippen LogP contribution in [0.2, 0.25) is 0 Å². The van der Waals surface area contributed by atoms with Crippen molar-refractivity contribution in [2.75, 3.05) is 0 Å². The molecule has 212 valence electrons. The molecule has 2 nitrogen and oxygen atoms in total. The molecule has 0 radical (unpaired) electrons. The Hall–Kier alpha value is -5.38. The molecule has 0 fully saturated rings. The zero-order chi connectivity index (χ0) is 29.5. The molecule has 45 heavy (non-hydrogen) atoms. The second-order valence-corrected chi connectivity index (χ2v) is 13.0. The molecule has 9 aromatic rings. The number of aromatic nitrogens is 1. The van der Waals surface area contributed by atoms with Gasteiger partial charge in [0.2, 0.25) is 0 Å². The first-order chi connectivity index (χ1) is 22.3. The zero-order valence-electron chi connectivity index (χ0n) is 24.5. The number of fused-ring (bicyclic) bond motifs is 10. The summed E-state index contributed by atoms with van der Waals surface area (Å²) in [6.07, 6.45) is 6.75. The lowest BCUT2D eigenvalue weighted by molar-refractivity contribution is 0.667. The molecule has 6 aromatic carbocycles. The fourth-order valence-corrected chi connectivity index (χ4v) is 8.69. The Morgan fingerprint density at radius 1 is 0.600 bits per heavy atom. The minimum absolute atomic E-state index is 0.939. The quantitative estimate of drug-likeness (QED) is 0.199. The number of furan rings is 1. The Balaban J connectivity index is 1.08. The number of para-hydroxylation sites is 3. The third-order valence-corrected chi connectivity index (χ3v) is 10.7. The number of nitrogens with zero attached hydrogens (tertiary/aromatic N) is 1. The third-order valence-electron chi connectivity index (χ3n) is 9.50. The maximum atomic E-state index is 6.38. The molecule has 0 amide bonds. The molecule has 3 heteroatoms. The Labute approximate surface area is 263 Å². The molecule has 0 aliphatic heterocycles. The maximum absolute atomic E-state index is 6.38. The SMILES string of the molecule is C1=C(c2ccc(-n3c4ccccc4c4c5sc6ccccc6c5ccc43)cc2)CCC=C1c1cccc2c1oc1ccccc12. The number of hydrogen-bond acceptors (Lipinski definition) is 2. The minimum atomic E-state index is 0.939. The van der Waals surface area contributed by atoms with Crippen molar-refractivity contribution in [1.82, 2.24) is 4.57 Å². The summed E-state index contributed by atoms with van der Waals surface area (Å²) in [7, 11) is 0. The zero-order valence-corrected chi connectivity index (χ0v) is 25.3. The lowest BCUT2D eigenvalue weighted by Gasteiger charge is -2.16. The van der Waals surface area contributed by atoms with Crippen LogP contribution in [0.5, 0.6) is 0 Å². The summed E-state index contributed by atoms with van der Waals surface area (Å²) in [4.78, 5) is 0. The molecule has 0 atom stereocenters. The molecule has 1 aliphatic rings. The van der Waals surface area contributed by atoms with Crippen LogP contribution in [0.1, 0.15) is 24.0 Å². The summed E-state index contributed by atoms with van der Waals surface area (Å²) in [6.45, 7) is 0. The second kappa shape index (κ2) is 9.56. The van der Waals surface area contributed by atoms with E-state index < -0.39 is 0 Å². The number of benzene rings is 6. The van der Waals surface area contributed by atoms with E-state index in [0.29, 0.717) is 0 Å². The summed E-state index contributed by atoms with van der Waals surface area (Å²) < 4.78 is 11.5. The van der Waals surface area contributed by atoms with Gasteiger partial charge in [-0.1, -0.05) is 103 Å². The first-order valence-electron chi connectivity index (χ1n) is 15.6. The van der Waals surface area contributed by atoms with Crippen molar-refractivity contribution in [3.8, 4) is 5.69 Å². The molecule has 0 N–H and O–H groups in total. The van der Waals surface area contributed by atoms with Crippen LogP contribution >= 0.6 is 11.3 Å². The Kier molecular flexibility index (Phi) is 5.31. The van der Waals surface area contributed by atoms with Crippen molar-refractivity contribution in [3.63, 3.8) is 0 Å². The molecule has 3 aromatic heterocycles. The van der Waals surface area contributed by atoms with E-state index in [-0.39, 0.29) is 0 Å². The normalized spacial score (nSPS) is 13.9. The molecule has 0 saturated carbocycles. The van der Waals surface area contributed by atoms with Crippen molar-refractivity contribution in [1.29, 1.82) is 0 Å². The van der Waals surface area contributed by atoms with E-state index in [1.54, 1.807) is 0 Å². The van der Waals surface area contributed by atoms with Gasteiger partial charge in [0.25, 0.3) is 0 Å². The smallest absolute Gasteiger partial charge is 0.143 e. The first kappa shape index (κ1) is 25.0. The third kappa shape index (κ3) is 3.68. The summed E-state index contributed by atoms with van der Waals surface area (Å²) in [5, 5.41) is 7.67. The van der Waals surface area contributed by atoms with E-state index in [0.717, 1.165) is 29.6 Å². The summed E-state index contributed by atoms with van der Waals surface area (Å²) in [5.74, 6) is 0. The van der Waals surface area contributed by atoms with Crippen molar-refractivity contribution >= 4 is 86.4 Å². The van der Waals surface area contributed by atoms with Gasteiger partial charge in [-0.25, -0.2) is 0 Å². The first-order valence-corrected chi connectivity index (χ1v) is 16.4. The Morgan fingerprint density at radius 2 is 1.38 bits per heavy atom. The van der Waals surface area contributed by atoms with Crippen LogP contribution in [0.3, 0.4) is 0 Å². The van der Waals surface area contributed by atoms with Crippen LogP contribution in [0.4, 0.5) is 0 Å². The van der Waals surface area contributed by atoms with E-state index in [2.05, 4.69) is 138 Å². The molecule has 3 heterocycles. The van der Waals surface area contributed by atoms with Crippen LogP contribution < -0.4 is 0 Å². The van der Waals surface area contributed by atoms with E-state index in [1.807, 2.05) is 17.4 Å². The highest BCUT2D eigenvalue weighted by Crippen LogP contribution is 2.43. The standard InChI is InChI=1S/C42H27NOS/c1-4-16-36-35(13-1)40-37(24-23-34-32-12-3-6-18-39(32)45-42(34)40)43(36)29-21-19-26(20-22-29)27-9-7-10-28(25-27)30-14-8-15-33-31-11-2-5-17-38(31)44-41(30)33/h1-6,8,10-25H,7,9H2. The minimum Gasteiger partial charge on any atom is -0.455 e. The monoisotopic (exact) mass is 593 g/mol. The number of hydrogen-bond donors (Lipinski definition) is 0. The van der Waals surface area contributed by atoms with Gasteiger partial charge in [-0.3, -0.25) is 0 Å². The highest BCUT2D eigenvalue weighted by atomic mass is 32.1. The fourth-order valence-electron chi connectivity index (χ4n) is 7.43. The van der Waals surface area contributed by atoms with Crippen LogP contribution in [0, 0.1) is 0 Å². The molecule has 0 bridgehead atoms. The summed E-state index contributed by atoms with van der Waals surface area (Å²) in [5.41, 5.74) is 10.6. The Bertz CT molecular complexity index is 2690. The van der Waals surface area contributed by atoms with Gasteiger partial charge in [0.1, 0.15) is 11.2 Å². The number of rotatable bonds is 3. The molecule has 10 rings (SSSR count). The van der Waals surface area contributed by atoms with Gasteiger partial charge >= 0.3 is 0 Å². The van der Waals surface area contributed by atoms with Crippen LogP contribution in [0.15, 0.2) is 144 Å². The highest BCUT2D eigenvalue weighted by molar-refractivity contribution is 7.26.